The Labute approximate surface area is 177 Å². The van der Waals surface area contributed by atoms with Gasteiger partial charge in [-0.25, -0.2) is 4.79 Å². The first kappa shape index (κ1) is 21.4. The minimum Gasteiger partial charge on any atom is -0.490 e. The summed E-state index contributed by atoms with van der Waals surface area (Å²) in [5.74, 6) is 0.281. The van der Waals surface area contributed by atoms with Gasteiger partial charge in [0.25, 0.3) is 5.91 Å². The number of hydrogen-bond donors (Lipinski definition) is 0. The Morgan fingerprint density at radius 3 is 2.37 bits per heavy atom. The number of hydrogen-bond acceptors (Lipinski definition) is 5. The molecule has 0 atom stereocenters. The van der Waals surface area contributed by atoms with Gasteiger partial charge in [-0.1, -0.05) is 36.4 Å². The maximum atomic E-state index is 12.5. The van der Waals surface area contributed by atoms with Crippen LogP contribution in [0.2, 0.25) is 0 Å². The van der Waals surface area contributed by atoms with E-state index in [4.69, 9.17) is 14.2 Å². The van der Waals surface area contributed by atoms with E-state index in [1.807, 2.05) is 32.0 Å². The normalized spacial score (nSPS) is 13.4. The summed E-state index contributed by atoms with van der Waals surface area (Å²) in [5, 5.41) is 0. The van der Waals surface area contributed by atoms with Gasteiger partial charge in [0, 0.05) is 13.1 Å². The number of benzene rings is 2. The molecule has 2 aromatic carbocycles. The lowest BCUT2D eigenvalue weighted by Gasteiger charge is -2.26. The Bertz CT molecular complexity index is 907. The SMILES string of the molecule is CCOc1ccc(C(=O)OCC(=O)N2CC=C(c3ccccc3)CC2)cc1OCC. The van der Waals surface area contributed by atoms with Crippen LogP contribution in [0.25, 0.3) is 5.57 Å². The number of amides is 1. The molecule has 1 amide bonds. The number of rotatable bonds is 8. The average Bonchev–Trinajstić information content (AvgIpc) is 2.79. The monoisotopic (exact) mass is 409 g/mol. The highest BCUT2D eigenvalue weighted by atomic mass is 16.5. The van der Waals surface area contributed by atoms with Crippen LogP contribution < -0.4 is 9.47 Å². The van der Waals surface area contributed by atoms with Crippen LogP contribution in [0.4, 0.5) is 0 Å². The first-order valence-corrected chi connectivity index (χ1v) is 10.2. The van der Waals surface area contributed by atoms with E-state index in [9.17, 15) is 9.59 Å². The zero-order valence-electron chi connectivity index (χ0n) is 17.4. The van der Waals surface area contributed by atoms with Gasteiger partial charge in [0.1, 0.15) is 0 Å². The van der Waals surface area contributed by atoms with Gasteiger partial charge in [0.05, 0.1) is 18.8 Å². The van der Waals surface area contributed by atoms with Crippen LogP contribution in [0.1, 0.15) is 36.2 Å². The maximum absolute atomic E-state index is 12.5. The van der Waals surface area contributed by atoms with Crippen LogP contribution in [0, 0.1) is 0 Å². The molecule has 0 bridgehead atoms. The first-order valence-electron chi connectivity index (χ1n) is 10.2. The molecule has 0 radical (unpaired) electrons. The quantitative estimate of drug-likeness (QED) is 0.618. The molecule has 0 saturated heterocycles. The molecule has 3 rings (SSSR count). The molecule has 0 aliphatic carbocycles. The van der Waals surface area contributed by atoms with Gasteiger partial charge in [-0.3, -0.25) is 4.79 Å². The van der Waals surface area contributed by atoms with Crippen molar-refractivity contribution in [1.82, 2.24) is 4.90 Å². The zero-order valence-corrected chi connectivity index (χ0v) is 17.4. The molecular weight excluding hydrogens is 382 g/mol. The van der Waals surface area contributed by atoms with Crippen molar-refractivity contribution in [2.45, 2.75) is 20.3 Å². The Hall–Kier alpha value is -3.28. The minimum absolute atomic E-state index is 0.206. The summed E-state index contributed by atoms with van der Waals surface area (Å²) in [6.45, 7) is 5.51. The molecule has 0 unspecified atom stereocenters. The highest BCUT2D eigenvalue weighted by Crippen LogP contribution is 2.29. The number of ether oxygens (including phenoxy) is 3. The van der Waals surface area contributed by atoms with Crippen molar-refractivity contribution >= 4 is 17.4 Å². The van der Waals surface area contributed by atoms with E-state index >= 15 is 0 Å². The highest BCUT2D eigenvalue weighted by molar-refractivity contribution is 5.92. The number of carbonyl (C=O) groups is 2. The fourth-order valence-corrected chi connectivity index (χ4v) is 3.29. The minimum atomic E-state index is -0.565. The molecule has 1 aliphatic rings. The fourth-order valence-electron chi connectivity index (χ4n) is 3.29. The molecular formula is C24H27NO5. The standard InChI is InChI=1S/C24H27NO5/c1-3-28-21-11-10-20(16-22(21)29-4-2)24(27)30-17-23(26)25-14-12-19(13-15-25)18-8-6-5-7-9-18/h5-12,16H,3-4,13-15,17H2,1-2H3. The van der Waals surface area contributed by atoms with E-state index in [1.165, 1.54) is 11.1 Å². The van der Waals surface area contributed by atoms with Crippen LogP contribution in [0.3, 0.4) is 0 Å². The molecule has 30 heavy (non-hydrogen) atoms. The third kappa shape index (κ3) is 5.41. The summed E-state index contributed by atoms with van der Waals surface area (Å²) in [7, 11) is 0. The van der Waals surface area contributed by atoms with E-state index in [0.29, 0.717) is 43.4 Å². The topological polar surface area (TPSA) is 65.1 Å². The summed E-state index contributed by atoms with van der Waals surface area (Å²) in [4.78, 5) is 26.6. The Balaban J connectivity index is 1.55. The van der Waals surface area contributed by atoms with E-state index < -0.39 is 5.97 Å². The number of carbonyl (C=O) groups excluding carboxylic acids is 2. The molecule has 6 heteroatoms. The summed E-state index contributed by atoms with van der Waals surface area (Å²) in [5.41, 5.74) is 2.73. The molecule has 1 heterocycles. The Morgan fingerprint density at radius 2 is 1.70 bits per heavy atom. The third-order valence-corrected chi connectivity index (χ3v) is 4.81. The van der Waals surface area contributed by atoms with Gasteiger partial charge in [0.15, 0.2) is 18.1 Å². The average molecular weight is 409 g/mol. The van der Waals surface area contributed by atoms with Gasteiger partial charge in [-0.15, -0.1) is 0 Å². The van der Waals surface area contributed by atoms with Gasteiger partial charge in [0.2, 0.25) is 0 Å². The molecule has 1 aliphatic heterocycles. The van der Waals surface area contributed by atoms with Gasteiger partial charge in [-0.2, -0.15) is 0 Å². The molecule has 0 spiro atoms. The van der Waals surface area contributed by atoms with E-state index in [-0.39, 0.29) is 12.5 Å². The lowest BCUT2D eigenvalue weighted by atomic mass is 10.00. The Morgan fingerprint density at radius 1 is 0.967 bits per heavy atom. The van der Waals surface area contributed by atoms with E-state index in [0.717, 1.165) is 6.42 Å². The second-order valence-corrected chi connectivity index (χ2v) is 6.79. The maximum Gasteiger partial charge on any atom is 0.338 e. The Kier molecular flexibility index (Phi) is 7.49. The lowest BCUT2D eigenvalue weighted by molar-refractivity contribution is -0.134. The largest absolute Gasteiger partial charge is 0.490 e. The van der Waals surface area contributed by atoms with Gasteiger partial charge in [-0.05, 0) is 49.6 Å². The summed E-state index contributed by atoms with van der Waals surface area (Å²) < 4.78 is 16.3. The second kappa shape index (κ2) is 10.5. The predicted molar refractivity (Wildman–Crippen MR) is 115 cm³/mol. The highest BCUT2D eigenvalue weighted by Gasteiger charge is 2.20. The fraction of sp³-hybridized carbons (Fsp3) is 0.333. The molecule has 0 N–H and O–H groups in total. The second-order valence-electron chi connectivity index (χ2n) is 6.79. The molecule has 0 saturated carbocycles. The van der Waals surface area contributed by atoms with Crippen molar-refractivity contribution in [2.75, 3.05) is 32.9 Å². The number of nitrogens with zero attached hydrogens (tertiary/aromatic N) is 1. The zero-order chi connectivity index (χ0) is 21.3. The summed E-state index contributed by atoms with van der Waals surface area (Å²) >= 11 is 0. The van der Waals surface area contributed by atoms with Crippen molar-refractivity contribution < 1.29 is 23.8 Å². The van der Waals surface area contributed by atoms with Crippen molar-refractivity contribution in [1.29, 1.82) is 0 Å². The van der Waals surface area contributed by atoms with Crippen LogP contribution in [0.15, 0.2) is 54.6 Å². The van der Waals surface area contributed by atoms with Crippen molar-refractivity contribution in [3.63, 3.8) is 0 Å². The lowest BCUT2D eigenvalue weighted by Crippen LogP contribution is -2.37. The predicted octanol–water partition coefficient (Wildman–Crippen LogP) is 3.96. The van der Waals surface area contributed by atoms with E-state index in [1.54, 1.807) is 23.1 Å². The van der Waals surface area contributed by atoms with Crippen molar-refractivity contribution in [3.8, 4) is 11.5 Å². The summed E-state index contributed by atoms with van der Waals surface area (Å²) in [6, 6.07) is 15.0. The van der Waals surface area contributed by atoms with Crippen LogP contribution in [0.5, 0.6) is 11.5 Å². The first-order chi connectivity index (χ1) is 14.6. The van der Waals surface area contributed by atoms with Crippen molar-refractivity contribution in [3.05, 3.63) is 65.7 Å². The third-order valence-electron chi connectivity index (χ3n) is 4.81. The smallest absolute Gasteiger partial charge is 0.338 e. The molecule has 0 aromatic heterocycles. The number of esters is 1. The van der Waals surface area contributed by atoms with Crippen LogP contribution in [-0.2, 0) is 9.53 Å². The molecule has 6 nitrogen and oxygen atoms in total. The molecule has 0 fully saturated rings. The summed E-state index contributed by atoms with van der Waals surface area (Å²) in [6.07, 6.45) is 2.83. The van der Waals surface area contributed by atoms with E-state index in [2.05, 4.69) is 18.2 Å². The molecule has 158 valence electrons. The van der Waals surface area contributed by atoms with Crippen molar-refractivity contribution in [2.24, 2.45) is 0 Å². The van der Waals surface area contributed by atoms with Crippen LogP contribution >= 0.6 is 0 Å². The van der Waals surface area contributed by atoms with Crippen LogP contribution in [-0.4, -0.2) is 49.7 Å². The van der Waals surface area contributed by atoms with Gasteiger partial charge >= 0.3 is 5.97 Å². The molecule has 2 aromatic rings. The van der Waals surface area contributed by atoms with Gasteiger partial charge < -0.3 is 19.1 Å².